The molecule has 2 unspecified atom stereocenters. The Labute approximate surface area is 132 Å². The molecule has 1 fully saturated rings. The molecular weight excluding hydrogens is 288 g/mol. The maximum absolute atomic E-state index is 5.88. The van der Waals surface area contributed by atoms with Crippen molar-refractivity contribution in [2.45, 2.75) is 64.3 Å². The molecule has 1 saturated heterocycles. The average molecular weight is 315 g/mol. The van der Waals surface area contributed by atoms with Crippen molar-refractivity contribution in [1.82, 2.24) is 9.88 Å². The van der Waals surface area contributed by atoms with Gasteiger partial charge in [0.25, 0.3) is 0 Å². The lowest BCUT2D eigenvalue weighted by Crippen LogP contribution is -2.29. The van der Waals surface area contributed by atoms with Crippen molar-refractivity contribution < 1.29 is 0 Å². The predicted octanol–water partition coefficient (Wildman–Crippen LogP) is 5.24. The highest BCUT2D eigenvalue weighted by molar-refractivity contribution is 7.09. The fraction of sp³-hybridized carbons (Fsp3) is 0.812. The molecule has 0 bridgehead atoms. The minimum Gasteiger partial charge on any atom is -0.294 e. The molecule has 2 heterocycles. The molecule has 2 rings (SSSR count). The summed E-state index contributed by atoms with van der Waals surface area (Å²) in [7, 11) is 0. The van der Waals surface area contributed by atoms with Crippen LogP contribution < -0.4 is 0 Å². The quantitative estimate of drug-likeness (QED) is 0.668. The Morgan fingerprint density at radius 3 is 2.90 bits per heavy atom. The number of thiazole rings is 1. The molecule has 1 aliphatic heterocycles. The van der Waals surface area contributed by atoms with E-state index in [1.54, 1.807) is 11.3 Å². The van der Waals surface area contributed by atoms with Gasteiger partial charge >= 0.3 is 0 Å². The van der Waals surface area contributed by atoms with Crippen molar-refractivity contribution >= 4 is 22.9 Å². The molecule has 2 atom stereocenters. The second-order valence-electron chi connectivity index (χ2n) is 5.86. The van der Waals surface area contributed by atoms with Crippen LogP contribution in [0.5, 0.6) is 0 Å². The van der Waals surface area contributed by atoms with Gasteiger partial charge in [-0.3, -0.25) is 4.90 Å². The topological polar surface area (TPSA) is 16.1 Å². The van der Waals surface area contributed by atoms with Gasteiger partial charge in [0.15, 0.2) is 0 Å². The van der Waals surface area contributed by atoms with E-state index in [1.165, 1.54) is 50.2 Å². The smallest absolute Gasteiger partial charge is 0.110 e. The highest BCUT2D eigenvalue weighted by Gasteiger charge is 2.24. The molecule has 0 aliphatic carbocycles. The van der Waals surface area contributed by atoms with Crippen molar-refractivity contribution in [2.75, 3.05) is 13.1 Å². The zero-order chi connectivity index (χ0) is 14.4. The van der Waals surface area contributed by atoms with Crippen molar-refractivity contribution in [1.29, 1.82) is 0 Å². The third-order valence-corrected chi connectivity index (χ3v) is 5.67. The van der Waals surface area contributed by atoms with E-state index >= 15 is 0 Å². The third kappa shape index (κ3) is 4.19. The van der Waals surface area contributed by atoms with E-state index in [-0.39, 0.29) is 0 Å². The largest absolute Gasteiger partial charge is 0.294 e. The summed E-state index contributed by atoms with van der Waals surface area (Å²) in [6, 6.07) is 0.498. The van der Waals surface area contributed by atoms with Crippen LogP contribution in [0.3, 0.4) is 0 Å². The van der Waals surface area contributed by atoms with E-state index in [9.17, 15) is 0 Å². The van der Waals surface area contributed by atoms with Gasteiger partial charge in [0.05, 0.1) is 17.6 Å². The van der Waals surface area contributed by atoms with Crippen molar-refractivity contribution in [3.05, 3.63) is 16.1 Å². The van der Waals surface area contributed by atoms with E-state index < -0.39 is 0 Å². The lowest BCUT2D eigenvalue weighted by atomic mass is 9.96. The first kappa shape index (κ1) is 16.3. The number of hydrogen-bond donors (Lipinski definition) is 0. The van der Waals surface area contributed by atoms with E-state index in [4.69, 9.17) is 16.6 Å². The van der Waals surface area contributed by atoms with Gasteiger partial charge in [-0.15, -0.1) is 22.9 Å². The van der Waals surface area contributed by atoms with Crippen molar-refractivity contribution in [2.24, 2.45) is 5.92 Å². The summed E-state index contributed by atoms with van der Waals surface area (Å²) in [6.07, 6.45) is 7.98. The SMILES string of the molecule is CCCC1CCCN(C(CC)c2nc(CCl)cs2)CC1. The summed E-state index contributed by atoms with van der Waals surface area (Å²) in [6.45, 7) is 7.05. The zero-order valence-corrected chi connectivity index (χ0v) is 14.3. The van der Waals surface area contributed by atoms with E-state index in [0.717, 1.165) is 18.0 Å². The van der Waals surface area contributed by atoms with Gasteiger partial charge in [-0.05, 0) is 44.7 Å². The Kier molecular flexibility index (Phi) is 6.79. The van der Waals surface area contributed by atoms with Crippen LogP contribution in [0.1, 0.15) is 69.1 Å². The molecule has 0 amide bonds. The third-order valence-electron chi connectivity index (χ3n) is 4.40. The molecule has 1 aromatic rings. The van der Waals surface area contributed by atoms with Crippen LogP contribution >= 0.6 is 22.9 Å². The number of likely N-dealkylation sites (tertiary alicyclic amines) is 1. The monoisotopic (exact) mass is 314 g/mol. The fourth-order valence-electron chi connectivity index (χ4n) is 3.32. The van der Waals surface area contributed by atoms with Crippen LogP contribution in [0, 0.1) is 5.92 Å². The minimum absolute atomic E-state index is 0.498. The van der Waals surface area contributed by atoms with Gasteiger partial charge in [0.1, 0.15) is 5.01 Å². The molecule has 1 aromatic heterocycles. The molecule has 4 heteroatoms. The van der Waals surface area contributed by atoms with Gasteiger partial charge in [-0.2, -0.15) is 0 Å². The normalized spacial score (nSPS) is 22.6. The number of hydrogen-bond acceptors (Lipinski definition) is 3. The van der Waals surface area contributed by atoms with Gasteiger partial charge in [-0.1, -0.05) is 26.7 Å². The molecular formula is C16H27ClN2S. The van der Waals surface area contributed by atoms with Crippen molar-refractivity contribution in [3.8, 4) is 0 Å². The molecule has 114 valence electrons. The van der Waals surface area contributed by atoms with E-state index in [1.807, 2.05) is 0 Å². The first-order valence-corrected chi connectivity index (χ1v) is 9.44. The molecule has 20 heavy (non-hydrogen) atoms. The maximum atomic E-state index is 5.88. The second kappa shape index (κ2) is 8.35. The number of alkyl halides is 1. The predicted molar refractivity (Wildman–Crippen MR) is 88.5 cm³/mol. The fourth-order valence-corrected chi connectivity index (χ4v) is 4.59. The Hall–Kier alpha value is -0.120. The molecule has 0 aromatic carbocycles. The first-order chi connectivity index (χ1) is 9.78. The Morgan fingerprint density at radius 2 is 2.25 bits per heavy atom. The lowest BCUT2D eigenvalue weighted by Gasteiger charge is -2.28. The molecule has 0 spiro atoms. The van der Waals surface area contributed by atoms with Gasteiger partial charge in [0, 0.05) is 5.38 Å². The molecule has 1 aliphatic rings. The number of aromatic nitrogens is 1. The van der Waals surface area contributed by atoms with E-state index in [2.05, 4.69) is 24.1 Å². The van der Waals surface area contributed by atoms with E-state index in [0.29, 0.717) is 11.9 Å². The molecule has 2 nitrogen and oxygen atoms in total. The minimum atomic E-state index is 0.498. The second-order valence-corrected chi connectivity index (χ2v) is 7.01. The lowest BCUT2D eigenvalue weighted by molar-refractivity contribution is 0.196. The summed E-state index contributed by atoms with van der Waals surface area (Å²) in [5.41, 5.74) is 1.03. The molecule has 0 saturated carbocycles. The standard InChI is InChI=1S/C16H27ClN2S/c1-3-6-13-7-5-9-19(10-8-13)15(4-2)16-18-14(11-17)12-20-16/h12-13,15H,3-11H2,1-2H3. The summed E-state index contributed by atoms with van der Waals surface area (Å²) < 4.78 is 0. The highest BCUT2D eigenvalue weighted by Crippen LogP contribution is 2.31. The number of rotatable bonds is 6. The Morgan fingerprint density at radius 1 is 1.40 bits per heavy atom. The van der Waals surface area contributed by atoms with Crippen LogP contribution in [-0.4, -0.2) is 23.0 Å². The summed E-state index contributed by atoms with van der Waals surface area (Å²) in [4.78, 5) is 7.37. The zero-order valence-electron chi connectivity index (χ0n) is 12.8. The van der Waals surface area contributed by atoms with Gasteiger partial charge < -0.3 is 0 Å². The number of halogens is 1. The number of nitrogens with zero attached hydrogens (tertiary/aromatic N) is 2. The molecule has 0 N–H and O–H groups in total. The van der Waals surface area contributed by atoms with Crippen LogP contribution in [0.2, 0.25) is 0 Å². The van der Waals surface area contributed by atoms with Crippen LogP contribution in [0.4, 0.5) is 0 Å². The Balaban J connectivity index is 2.00. The van der Waals surface area contributed by atoms with Crippen LogP contribution in [0.25, 0.3) is 0 Å². The van der Waals surface area contributed by atoms with Gasteiger partial charge in [-0.25, -0.2) is 4.98 Å². The maximum Gasteiger partial charge on any atom is 0.110 e. The highest BCUT2D eigenvalue weighted by atomic mass is 35.5. The van der Waals surface area contributed by atoms with Crippen molar-refractivity contribution in [3.63, 3.8) is 0 Å². The van der Waals surface area contributed by atoms with Gasteiger partial charge in [0.2, 0.25) is 0 Å². The Bertz CT molecular complexity index is 394. The molecule has 0 radical (unpaired) electrons. The average Bonchev–Trinajstić information content (AvgIpc) is 2.82. The van der Waals surface area contributed by atoms with Crippen LogP contribution in [0.15, 0.2) is 5.38 Å². The first-order valence-electron chi connectivity index (χ1n) is 8.02. The van der Waals surface area contributed by atoms with Crippen LogP contribution in [-0.2, 0) is 5.88 Å². The summed E-state index contributed by atoms with van der Waals surface area (Å²) >= 11 is 7.67. The summed E-state index contributed by atoms with van der Waals surface area (Å²) in [5.74, 6) is 1.48. The summed E-state index contributed by atoms with van der Waals surface area (Å²) in [5, 5.41) is 3.37.